The number of aliphatic hydroxyl groups is 1. The van der Waals surface area contributed by atoms with Crippen molar-refractivity contribution >= 4 is 5.78 Å². The number of rotatable bonds is 2. The zero-order valence-electron chi connectivity index (χ0n) is 18.7. The Labute approximate surface area is 181 Å². The van der Waals surface area contributed by atoms with E-state index in [1.165, 1.54) is 32.1 Å². The molecule has 0 bridgehead atoms. The van der Waals surface area contributed by atoms with Gasteiger partial charge in [-0.1, -0.05) is 0 Å². The van der Waals surface area contributed by atoms with Crippen molar-refractivity contribution in [3.8, 4) is 0 Å². The van der Waals surface area contributed by atoms with Gasteiger partial charge in [-0.25, -0.2) is 0 Å². The maximum atomic E-state index is 11.0. The van der Waals surface area contributed by atoms with Crippen LogP contribution in [0.2, 0.25) is 0 Å². The third-order valence-electron chi connectivity index (χ3n) is 8.49. The maximum absolute atomic E-state index is 11.0. The normalized spacial score (nSPS) is 42.8. The van der Waals surface area contributed by atoms with Crippen LogP contribution in [0, 0.1) is 17.8 Å². The molecule has 3 heterocycles. The highest BCUT2D eigenvalue weighted by atomic mass is 16.7. The second-order valence-corrected chi connectivity index (χ2v) is 9.90. The minimum atomic E-state index is -0.332. The molecule has 7 atom stereocenters. The second kappa shape index (κ2) is 9.92. The Kier molecular flexibility index (Phi) is 7.48. The highest BCUT2D eigenvalue weighted by Gasteiger charge is 2.51. The van der Waals surface area contributed by atoms with Crippen molar-refractivity contribution in [2.24, 2.45) is 17.8 Å². The first kappa shape index (κ1) is 22.6. The zero-order chi connectivity index (χ0) is 21.1. The predicted octanol–water partition coefficient (Wildman–Crippen LogP) is 1.19. The Bertz CT molecular complexity index is 585. The minimum absolute atomic E-state index is 0.0440. The Balaban J connectivity index is 0.000000111. The summed E-state index contributed by atoms with van der Waals surface area (Å²) in [6.45, 7) is 3.29. The minimum Gasteiger partial charge on any atom is -0.391 e. The van der Waals surface area contributed by atoms with Crippen molar-refractivity contribution in [3.05, 3.63) is 0 Å². The molecule has 3 aliphatic carbocycles. The summed E-state index contributed by atoms with van der Waals surface area (Å²) in [6.07, 6.45) is 10.2. The molecular weight excluding hydrogens is 382 g/mol. The first-order valence-electron chi connectivity index (χ1n) is 12.1. The van der Waals surface area contributed by atoms with Gasteiger partial charge in [0.2, 0.25) is 0 Å². The van der Waals surface area contributed by atoms with E-state index in [1.807, 2.05) is 0 Å². The Morgan fingerprint density at radius 2 is 1.53 bits per heavy atom. The molecular formula is C23H41N3O4. The Hall–Kier alpha value is -0.570. The molecule has 6 rings (SSSR count). The number of hydrogen-bond donors (Lipinski definition) is 4. The highest BCUT2D eigenvalue weighted by molar-refractivity contribution is 5.86. The first-order chi connectivity index (χ1) is 14.6. The molecule has 7 unspecified atom stereocenters. The monoisotopic (exact) mass is 423 g/mol. The lowest BCUT2D eigenvalue weighted by atomic mass is 10.0. The van der Waals surface area contributed by atoms with E-state index in [-0.39, 0.29) is 17.9 Å². The zero-order valence-corrected chi connectivity index (χ0v) is 18.7. The van der Waals surface area contributed by atoms with Crippen LogP contribution >= 0.6 is 0 Å². The van der Waals surface area contributed by atoms with Crippen molar-refractivity contribution < 1.29 is 19.4 Å². The number of carbonyl (C=O) groups excluding carboxylic acids is 1. The van der Waals surface area contributed by atoms with Crippen LogP contribution in [0.25, 0.3) is 0 Å². The largest absolute Gasteiger partial charge is 0.391 e. The smallest absolute Gasteiger partial charge is 0.183 e. The molecule has 7 heteroatoms. The number of aliphatic hydroxyl groups excluding tert-OH is 1. The lowest BCUT2D eigenvalue weighted by molar-refractivity contribution is -0.214. The number of carbonyl (C=O) groups is 1. The van der Waals surface area contributed by atoms with Gasteiger partial charge in [-0.3, -0.25) is 4.79 Å². The third-order valence-corrected chi connectivity index (χ3v) is 8.49. The number of methoxy groups -OCH3 is 2. The third kappa shape index (κ3) is 4.48. The summed E-state index contributed by atoms with van der Waals surface area (Å²) in [6, 6.07) is 1.13. The average molecular weight is 424 g/mol. The number of Topliss-reactive ketones (excluding diaryl/α,β-unsaturated/α-hetero) is 1. The van der Waals surface area contributed by atoms with E-state index < -0.39 is 0 Å². The molecule has 0 spiro atoms. The van der Waals surface area contributed by atoms with Crippen LogP contribution in [-0.2, 0) is 14.3 Å². The molecule has 4 N–H and O–H groups in total. The van der Waals surface area contributed by atoms with Gasteiger partial charge in [0, 0.05) is 33.1 Å². The van der Waals surface area contributed by atoms with E-state index in [9.17, 15) is 9.90 Å². The lowest BCUT2D eigenvalue weighted by Crippen LogP contribution is -2.48. The number of ether oxygens (including phenoxy) is 2. The molecule has 3 saturated heterocycles. The van der Waals surface area contributed by atoms with Gasteiger partial charge in [0.05, 0.1) is 18.2 Å². The molecule has 3 aliphatic heterocycles. The van der Waals surface area contributed by atoms with Gasteiger partial charge in [0.15, 0.2) is 5.79 Å². The SMILES string of the molecule is COC1(OC)CCC2CCNC21.O=C1CCC2CCNC12.OC1CCC2CCNC12. The van der Waals surface area contributed by atoms with Crippen molar-refractivity contribution in [2.75, 3.05) is 33.9 Å². The van der Waals surface area contributed by atoms with Crippen molar-refractivity contribution in [1.29, 1.82) is 0 Å². The van der Waals surface area contributed by atoms with Crippen LogP contribution in [0.15, 0.2) is 0 Å². The molecule has 6 fully saturated rings. The van der Waals surface area contributed by atoms with Crippen molar-refractivity contribution in [3.63, 3.8) is 0 Å². The first-order valence-corrected chi connectivity index (χ1v) is 12.1. The van der Waals surface area contributed by atoms with E-state index in [0.717, 1.165) is 57.2 Å². The standard InChI is InChI=1S/C9H17NO2.C7H13NO.C7H11NO/c1-11-9(12-2)5-3-7-4-6-10-8(7)9;2*9-6-2-1-5-3-4-8-7(5)6/h7-8,10H,3-6H2,1-2H3;5-9H,1-4H2;5,7-8H,1-4H2. The molecule has 0 amide bonds. The molecule has 172 valence electrons. The number of ketones is 1. The quantitative estimate of drug-likeness (QED) is 0.496. The van der Waals surface area contributed by atoms with Gasteiger partial charge in [0.1, 0.15) is 5.78 Å². The average Bonchev–Trinajstić information content (AvgIpc) is 3.56. The van der Waals surface area contributed by atoms with E-state index in [4.69, 9.17) is 9.47 Å². The lowest BCUT2D eigenvalue weighted by Gasteiger charge is -2.32. The van der Waals surface area contributed by atoms with Gasteiger partial charge in [-0.15, -0.1) is 0 Å². The number of hydrogen-bond acceptors (Lipinski definition) is 7. The van der Waals surface area contributed by atoms with E-state index in [2.05, 4.69) is 16.0 Å². The van der Waals surface area contributed by atoms with Gasteiger partial charge in [0.25, 0.3) is 0 Å². The molecule has 0 aromatic heterocycles. The number of fused-ring (bicyclic) bond motifs is 3. The predicted molar refractivity (Wildman–Crippen MR) is 115 cm³/mol. The van der Waals surface area contributed by atoms with E-state index >= 15 is 0 Å². The summed E-state index contributed by atoms with van der Waals surface area (Å²) in [4.78, 5) is 11.0. The summed E-state index contributed by atoms with van der Waals surface area (Å²) < 4.78 is 11.0. The Morgan fingerprint density at radius 1 is 0.833 bits per heavy atom. The second-order valence-electron chi connectivity index (χ2n) is 9.90. The fraction of sp³-hybridized carbons (Fsp3) is 0.957. The number of nitrogens with one attached hydrogen (secondary N) is 3. The molecule has 6 aliphatic rings. The van der Waals surface area contributed by atoms with Crippen LogP contribution in [0.4, 0.5) is 0 Å². The van der Waals surface area contributed by atoms with Crippen molar-refractivity contribution in [1.82, 2.24) is 16.0 Å². The molecule has 0 radical (unpaired) electrons. The molecule has 0 aromatic rings. The van der Waals surface area contributed by atoms with Crippen LogP contribution < -0.4 is 16.0 Å². The van der Waals surface area contributed by atoms with Gasteiger partial charge >= 0.3 is 0 Å². The van der Waals surface area contributed by atoms with Crippen LogP contribution in [0.3, 0.4) is 0 Å². The summed E-state index contributed by atoms with van der Waals surface area (Å²) in [5.41, 5.74) is 0. The van der Waals surface area contributed by atoms with Gasteiger partial charge in [-0.2, -0.15) is 0 Å². The molecule has 7 nitrogen and oxygen atoms in total. The maximum Gasteiger partial charge on any atom is 0.183 e. The van der Waals surface area contributed by atoms with Gasteiger partial charge in [-0.05, 0) is 82.3 Å². The summed E-state index contributed by atoms with van der Waals surface area (Å²) in [5, 5.41) is 19.3. The van der Waals surface area contributed by atoms with Crippen LogP contribution in [0.1, 0.15) is 57.8 Å². The fourth-order valence-electron chi connectivity index (χ4n) is 6.72. The van der Waals surface area contributed by atoms with Crippen LogP contribution in [-0.4, -0.2) is 74.8 Å². The highest BCUT2D eigenvalue weighted by Crippen LogP contribution is 2.42. The topological polar surface area (TPSA) is 91.9 Å². The summed E-state index contributed by atoms with van der Waals surface area (Å²) in [5.74, 6) is 2.36. The van der Waals surface area contributed by atoms with Crippen molar-refractivity contribution in [2.45, 2.75) is 87.8 Å². The fourth-order valence-corrected chi connectivity index (χ4v) is 6.72. The van der Waals surface area contributed by atoms with E-state index in [0.29, 0.717) is 23.8 Å². The van der Waals surface area contributed by atoms with E-state index in [1.54, 1.807) is 14.2 Å². The summed E-state index contributed by atoms with van der Waals surface area (Å²) >= 11 is 0. The summed E-state index contributed by atoms with van der Waals surface area (Å²) in [7, 11) is 3.48. The molecule has 30 heavy (non-hydrogen) atoms. The molecule has 0 aromatic carbocycles. The Morgan fingerprint density at radius 3 is 2.27 bits per heavy atom. The van der Waals surface area contributed by atoms with Gasteiger partial charge < -0.3 is 30.5 Å². The van der Waals surface area contributed by atoms with Crippen LogP contribution in [0.5, 0.6) is 0 Å². The molecule has 3 saturated carbocycles.